The van der Waals surface area contributed by atoms with Crippen molar-refractivity contribution in [3.8, 4) is 11.1 Å². The molecule has 3 N–H and O–H groups in total. The van der Waals surface area contributed by atoms with Gasteiger partial charge in [0.2, 0.25) is 5.95 Å². The molecule has 8 heteroatoms. The van der Waals surface area contributed by atoms with E-state index in [4.69, 9.17) is 10.5 Å². The average molecular weight is 357 g/mol. The molecule has 0 bridgehead atoms. The van der Waals surface area contributed by atoms with Crippen LogP contribution in [0.1, 0.15) is 22.5 Å². The van der Waals surface area contributed by atoms with Crippen LogP contribution < -0.4 is 11.1 Å². The summed E-state index contributed by atoms with van der Waals surface area (Å²) in [6.45, 7) is 2.29. The highest BCUT2D eigenvalue weighted by Gasteiger charge is 2.16. The number of ether oxygens (including phenoxy) is 1. The number of amides is 1. The summed E-state index contributed by atoms with van der Waals surface area (Å²) in [7, 11) is 0. The summed E-state index contributed by atoms with van der Waals surface area (Å²) >= 11 is 1.44. The van der Waals surface area contributed by atoms with Crippen molar-refractivity contribution in [3.63, 3.8) is 0 Å². The number of nitrogens with one attached hydrogen (secondary N) is 1. The van der Waals surface area contributed by atoms with Crippen molar-refractivity contribution in [2.75, 3.05) is 25.5 Å². The van der Waals surface area contributed by atoms with Gasteiger partial charge in [-0.15, -0.1) is 16.4 Å². The Bertz CT molecular complexity index is 897. The maximum Gasteiger partial charge on any atom is 0.261 e. The molecule has 1 amide bonds. The minimum atomic E-state index is -0.0196. The minimum absolute atomic E-state index is 0.0196. The predicted octanol–water partition coefficient (Wildman–Crippen LogP) is 2.20. The van der Waals surface area contributed by atoms with Gasteiger partial charge in [-0.2, -0.15) is 4.98 Å². The number of nitrogens with two attached hydrogens (primary N) is 1. The first-order chi connectivity index (χ1) is 12.2. The van der Waals surface area contributed by atoms with Gasteiger partial charge in [0.25, 0.3) is 5.91 Å². The molecule has 4 heterocycles. The Morgan fingerprint density at radius 2 is 2.20 bits per heavy atom. The molecule has 3 aromatic heterocycles. The van der Waals surface area contributed by atoms with Crippen LogP contribution in [0.5, 0.6) is 0 Å². The zero-order valence-electron chi connectivity index (χ0n) is 13.6. The number of carbonyl (C=O) groups excluding carboxylic acids is 1. The van der Waals surface area contributed by atoms with Crippen molar-refractivity contribution in [3.05, 3.63) is 34.7 Å². The second-order valence-corrected chi connectivity index (χ2v) is 7.07. The van der Waals surface area contributed by atoms with Crippen LogP contribution in [-0.4, -0.2) is 40.3 Å². The Balaban J connectivity index is 1.45. The maximum atomic E-state index is 12.4. The van der Waals surface area contributed by atoms with Crippen LogP contribution in [0.4, 0.5) is 5.95 Å². The molecule has 130 valence electrons. The van der Waals surface area contributed by atoms with E-state index in [1.807, 2.05) is 29.8 Å². The Hall–Kier alpha value is -2.45. The second-order valence-electron chi connectivity index (χ2n) is 6.16. The standard InChI is InChI=1S/C17H19N5O2S/c18-17-20-15-2-1-12(9-22(15)21-17)13-7-14(25-10-13)16(23)19-8-11-3-5-24-6-4-11/h1-2,7,9-11H,3-6,8H2,(H2,18,21)(H,19,23). The number of pyridine rings is 1. The van der Waals surface area contributed by atoms with Gasteiger partial charge < -0.3 is 15.8 Å². The molecule has 0 saturated carbocycles. The average Bonchev–Trinajstić information content (AvgIpc) is 3.25. The molecule has 3 aromatic rings. The first-order valence-electron chi connectivity index (χ1n) is 8.26. The summed E-state index contributed by atoms with van der Waals surface area (Å²) < 4.78 is 6.99. The number of fused-ring (bicyclic) bond motifs is 1. The predicted molar refractivity (Wildman–Crippen MR) is 96.6 cm³/mol. The quantitative estimate of drug-likeness (QED) is 0.746. The van der Waals surface area contributed by atoms with Crippen LogP contribution in [0.25, 0.3) is 16.8 Å². The summed E-state index contributed by atoms with van der Waals surface area (Å²) in [6, 6.07) is 5.72. The summed E-state index contributed by atoms with van der Waals surface area (Å²) in [5.41, 5.74) is 8.27. The van der Waals surface area contributed by atoms with Gasteiger partial charge in [-0.25, -0.2) is 4.52 Å². The lowest BCUT2D eigenvalue weighted by molar-refractivity contribution is 0.0643. The van der Waals surface area contributed by atoms with E-state index < -0.39 is 0 Å². The van der Waals surface area contributed by atoms with E-state index in [0.717, 1.165) is 37.2 Å². The molecule has 0 aromatic carbocycles. The molecule has 1 fully saturated rings. The lowest BCUT2D eigenvalue weighted by Gasteiger charge is -2.21. The van der Waals surface area contributed by atoms with Gasteiger partial charge in [0.15, 0.2) is 5.65 Å². The molecular formula is C17H19N5O2S. The maximum absolute atomic E-state index is 12.4. The SMILES string of the molecule is Nc1nc2ccc(-c3csc(C(=O)NCC4CCOCC4)c3)cn2n1. The van der Waals surface area contributed by atoms with E-state index in [2.05, 4.69) is 15.4 Å². The number of hydrogen-bond acceptors (Lipinski definition) is 6. The van der Waals surface area contributed by atoms with E-state index in [1.54, 1.807) is 4.52 Å². The molecule has 0 atom stereocenters. The number of thiophene rings is 1. The lowest BCUT2D eigenvalue weighted by Crippen LogP contribution is -2.31. The third-order valence-corrected chi connectivity index (χ3v) is 5.33. The molecular weight excluding hydrogens is 338 g/mol. The second kappa shape index (κ2) is 6.81. The number of hydrogen-bond donors (Lipinski definition) is 2. The smallest absolute Gasteiger partial charge is 0.261 e. The van der Waals surface area contributed by atoms with Gasteiger partial charge in [-0.1, -0.05) is 0 Å². The fourth-order valence-corrected chi connectivity index (χ4v) is 3.78. The van der Waals surface area contributed by atoms with Crippen LogP contribution in [0.15, 0.2) is 29.8 Å². The Kier molecular flexibility index (Phi) is 4.37. The minimum Gasteiger partial charge on any atom is -0.381 e. The molecule has 4 rings (SSSR count). The number of anilines is 1. The first-order valence-corrected chi connectivity index (χ1v) is 9.14. The largest absolute Gasteiger partial charge is 0.381 e. The lowest BCUT2D eigenvalue weighted by atomic mass is 10.0. The van der Waals surface area contributed by atoms with Gasteiger partial charge >= 0.3 is 0 Å². The number of carbonyl (C=O) groups is 1. The molecule has 0 aliphatic carbocycles. The van der Waals surface area contributed by atoms with Gasteiger partial charge in [0, 0.05) is 31.5 Å². The van der Waals surface area contributed by atoms with Crippen molar-refractivity contribution in [2.24, 2.45) is 5.92 Å². The van der Waals surface area contributed by atoms with E-state index in [-0.39, 0.29) is 11.9 Å². The van der Waals surface area contributed by atoms with Crippen molar-refractivity contribution in [1.82, 2.24) is 19.9 Å². The molecule has 1 aliphatic heterocycles. The van der Waals surface area contributed by atoms with Gasteiger partial charge in [0.05, 0.1) is 4.88 Å². The molecule has 0 radical (unpaired) electrons. The summed E-state index contributed by atoms with van der Waals surface area (Å²) in [4.78, 5) is 17.2. The summed E-state index contributed by atoms with van der Waals surface area (Å²) in [5, 5.41) is 9.13. The highest BCUT2D eigenvalue weighted by atomic mass is 32.1. The van der Waals surface area contributed by atoms with Crippen molar-refractivity contribution >= 4 is 28.8 Å². The fraction of sp³-hybridized carbons (Fsp3) is 0.353. The van der Waals surface area contributed by atoms with E-state index in [0.29, 0.717) is 23.0 Å². The van der Waals surface area contributed by atoms with E-state index >= 15 is 0 Å². The molecule has 1 saturated heterocycles. The molecule has 0 spiro atoms. The highest BCUT2D eigenvalue weighted by molar-refractivity contribution is 7.12. The molecule has 25 heavy (non-hydrogen) atoms. The zero-order chi connectivity index (χ0) is 17.2. The fourth-order valence-electron chi connectivity index (χ4n) is 2.95. The Morgan fingerprint density at radius 3 is 3.04 bits per heavy atom. The van der Waals surface area contributed by atoms with E-state index in [1.165, 1.54) is 11.3 Å². The van der Waals surface area contributed by atoms with Crippen LogP contribution in [0, 0.1) is 5.92 Å². The third-order valence-electron chi connectivity index (χ3n) is 4.40. The number of nitrogen functional groups attached to an aromatic ring is 1. The monoisotopic (exact) mass is 357 g/mol. The van der Waals surface area contributed by atoms with Crippen LogP contribution in [-0.2, 0) is 4.74 Å². The zero-order valence-corrected chi connectivity index (χ0v) is 14.5. The normalized spacial score (nSPS) is 15.5. The van der Waals surface area contributed by atoms with E-state index in [9.17, 15) is 4.79 Å². The van der Waals surface area contributed by atoms with Crippen molar-refractivity contribution < 1.29 is 9.53 Å². The Labute approximate surface area is 148 Å². The topological polar surface area (TPSA) is 94.5 Å². The highest BCUT2D eigenvalue weighted by Crippen LogP contribution is 2.26. The van der Waals surface area contributed by atoms with Gasteiger partial charge in [-0.05, 0) is 47.9 Å². The Morgan fingerprint density at radius 1 is 1.36 bits per heavy atom. The van der Waals surface area contributed by atoms with Crippen molar-refractivity contribution in [1.29, 1.82) is 0 Å². The summed E-state index contributed by atoms with van der Waals surface area (Å²) in [5.74, 6) is 0.738. The summed E-state index contributed by atoms with van der Waals surface area (Å²) in [6.07, 6.45) is 3.89. The van der Waals surface area contributed by atoms with Crippen LogP contribution >= 0.6 is 11.3 Å². The first kappa shape index (κ1) is 16.0. The van der Waals surface area contributed by atoms with Gasteiger partial charge in [-0.3, -0.25) is 4.79 Å². The molecule has 1 aliphatic rings. The third kappa shape index (κ3) is 3.49. The number of rotatable bonds is 4. The van der Waals surface area contributed by atoms with Crippen LogP contribution in [0.2, 0.25) is 0 Å². The van der Waals surface area contributed by atoms with Gasteiger partial charge in [0.1, 0.15) is 0 Å². The van der Waals surface area contributed by atoms with Crippen LogP contribution in [0.3, 0.4) is 0 Å². The van der Waals surface area contributed by atoms with Crippen molar-refractivity contribution in [2.45, 2.75) is 12.8 Å². The molecule has 0 unspecified atom stereocenters. The molecule has 7 nitrogen and oxygen atoms in total. The number of aromatic nitrogens is 3. The number of nitrogens with zero attached hydrogens (tertiary/aromatic N) is 3.